The third kappa shape index (κ3) is 4.32. The first-order valence-corrected chi connectivity index (χ1v) is 10.1. The van der Waals surface area contributed by atoms with Crippen molar-refractivity contribution in [2.24, 2.45) is 0 Å². The summed E-state index contributed by atoms with van der Waals surface area (Å²) < 4.78 is 25.1. The highest BCUT2D eigenvalue weighted by molar-refractivity contribution is 7.92. The minimum Gasteiger partial charge on any atom is -0.320 e. The lowest BCUT2D eigenvalue weighted by Gasteiger charge is -2.21. The molecule has 0 radical (unpaired) electrons. The first-order valence-electron chi connectivity index (χ1n) is 8.21. The largest absolute Gasteiger partial charge is 0.320 e. The number of hydrogen-bond acceptors (Lipinski definition) is 4. The van der Waals surface area contributed by atoms with Gasteiger partial charge < -0.3 is 5.32 Å². The minimum atomic E-state index is -3.48. The van der Waals surface area contributed by atoms with Gasteiger partial charge in [-0.3, -0.25) is 14.1 Å². The van der Waals surface area contributed by atoms with Crippen LogP contribution in [0.2, 0.25) is 0 Å². The average Bonchev–Trinajstić information content (AvgIpc) is 2.68. The Bertz CT molecular complexity index is 1050. The van der Waals surface area contributed by atoms with Crippen LogP contribution in [0.15, 0.2) is 73.1 Å². The predicted octanol–water partition coefficient (Wildman–Crippen LogP) is 3.40. The van der Waals surface area contributed by atoms with E-state index in [0.717, 1.165) is 21.7 Å². The van der Waals surface area contributed by atoms with Crippen LogP contribution in [0.25, 0.3) is 11.1 Å². The maximum absolute atomic E-state index is 12.6. The first-order chi connectivity index (χ1) is 12.9. The zero-order chi connectivity index (χ0) is 19.4. The van der Waals surface area contributed by atoms with Crippen molar-refractivity contribution in [2.45, 2.75) is 0 Å². The molecule has 7 heteroatoms. The van der Waals surface area contributed by atoms with Crippen LogP contribution in [-0.2, 0) is 10.0 Å². The highest BCUT2D eigenvalue weighted by Gasteiger charge is 2.18. The molecule has 0 saturated carbocycles. The summed E-state index contributed by atoms with van der Waals surface area (Å²) in [6.07, 6.45) is 4.47. The molecule has 0 unspecified atom stereocenters. The fourth-order valence-electron chi connectivity index (χ4n) is 2.60. The number of pyridine rings is 1. The molecule has 27 heavy (non-hydrogen) atoms. The van der Waals surface area contributed by atoms with Gasteiger partial charge in [-0.1, -0.05) is 24.3 Å². The number of aromatic nitrogens is 1. The second kappa shape index (κ2) is 7.59. The number of anilines is 2. The molecule has 2 aromatic carbocycles. The number of rotatable bonds is 5. The molecule has 0 atom stereocenters. The lowest BCUT2D eigenvalue weighted by atomic mass is 10.1. The maximum Gasteiger partial charge on any atom is 0.255 e. The third-order valence-corrected chi connectivity index (χ3v) is 5.32. The van der Waals surface area contributed by atoms with E-state index in [0.29, 0.717) is 16.9 Å². The number of benzene rings is 2. The zero-order valence-corrected chi connectivity index (χ0v) is 15.8. The van der Waals surface area contributed by atoms with Gasteiger partial charge in [0.1, 0.15) is 0 Å². The van der Waals surface area contributed by atoms with E-state index in [9.17, 15) is 13.2 Å². The van der Waals surface area contributed by atoms with E-state index in [1.165, 1.54) is 7.05 Å². The topological polar surface area (TPSA) is 79.4 Å². The Morgan fingerprint density at radius 3 is 2.26 bits per heavy atom. The van der Waals surface area contributed by atoms with Crippen LogP contribution < -0.4 is 9.62 Å². The van der Waals surface area contributed by atoms with Crippen molar-refractivity contribution in [3.8, 4) is 11.1 Å². The van der Waals surface area contributed by atoms with Gasteiger partial charge in [0.05, 0.1) is 17.6 Å². The Labute approximate surface area is 158 Å². The quantitative estimate of drug-likeness (QED) is 0.735. The van der Waals surface area contributed by atoms with Gasteiger partial charge in [-0.15, -0.1) is 0 Å². The van der Waals surface area contributed by atoms with Crippen molar-refractivity contribution >= 4 is 27.3 Å². The molecule has 6 nitrogen and oxygen atoms in total. The first kappa shape index (κ1) is 18.6. The van der Waals surface area contributed by atoms with Crippen molar-refractivity contribution in [1.29, 1.82) is 0 Å². The number of sulfonamides is 1. The smallest absolute Gasteiger partial charge is 0.255 e. The highest BCUT2D eigenvalue weighted by Crippen LogP contribution is 2.32. The van der Waals surface area contributed by atoms with Crippen LogP contribution >= 0.6 is 0 Å². The Kier molecular flexibility index (Phi) is 5.23. The normalized spacial score (nSPS) is 11.0. The van der Waals surface area contributed by atoms with E-state index < -0.39 is 10.0 Å². The fourth-order valence-corrected chi connectivity index (χ4v) is 3.11. The molecule has 138 valence electrons. The summed E-state index contributed by atoms with van der Waals surface area (Å²) in [4.78, 5) is 16.6. The summed E-state index contributed by atoms with van der Waals surface area (Å²) in [6, 6.07) is 17.7. The predicted molar refractivity (Wildman–Crippen MR) is 107 cm³/mol. The Hall–Kier alpha value is -3.19. The summed E-state index contributed by atoms with van der Waals surface area (Å²) in [6.45, 7) is 0. The molecule has 1 heterocycles. The Morgan fingerprint density at radius 1 is 0.963 bits per heavy atom. The molecule has 0 fully saturated rings. The van der Waals surface area contributed by atoms with Crippen LogP contribution in [-0.4, -0.2) is 32.6 Å². The standard InChI is InChI=1S/C20H19N3O3S/c1-23(27(2,25)26)19-9-8-17(15-10-12-21-13-11-15)14-18(19)22-20(24)16-6-4-3-5-7-16/h3-14H,1-2H3,(H,22,24). The number of carbonyl (C=O) groups is 1. The molecule has 0 bridgehead atoms. The molecule has 0 spiro atoms. The van der Waals surface area contributed by atoms with Gasteiger partial charge in [0.25, 0.3) is 5.91 Å². The fraction of sp³-hybridized carbons (Fsp3) is 0.100. The number of nitrogens with one attached hydrogen (secondary N) is 1. The van der Waals surface area contributed by atoms with Crippen molar-refractivity contribution in [2.75, 3.05) is 22.9 Å². The molecule has 1 aromatic heterocycles. The van der Waals surface area contributed by atoms with Crippen molar-refractivity contribution in [3.63, 3.8) is 0 Å². The monoisotopic (exact) mass is 381 g/mol. The van der Waals surface area contributed by atoms with Gasteiger partial charge in [0.2, 0.25) is 10.0 Å². The average molecular weight is 381 g/mol. The second-order valence-electron chi connectivity index (χ2n) is 6.02. The summed E-state index contributed by atoms with van der Waals surface area (Å²) in [5.74, 6) is -0.314. The van der Waals surface area contributed by atoms with Gasteiger partial charge in [0.15, 0.2) is 0 Å². The van der Waals surface area contributed by atoms with E-state index in [4.69, 9.17) is 0 Å². The number of nitrogens with zero attached hydrogens (tertiary/aromatic N) is 2. The number of hydrogen-bond donors (Lipinski definition) is 1. The van der Waals surface area contributed by atoms with Crippen molar-refractivity contribution < 1.29 is 13.2 Å². The van der Waals surface area contributed by atoms with Crippen LogP contribution in [0, 0.1) is 0 Å². The SMILES string of the molecule is CN(c1ccc(-c2ccncc2)cc1NC(=O)c1ccccc1)S(C)(=O)=O. The second-order valence-corrected chi connectivity index (χ2v) is 8.03. The van der Waals surface area contributed by atoms with Gasteiger partial charge >= 0.3 is 0 Å². The summed E-state index contributed by atoms with van der Waals surface area (Å²) in [5.41, 5.74) is 3.03. The van der Waals surface area contributed by atoms with Crippen molar-refractivity contribution in [3.05, 3.63) is 78.6 Å². The zero-order valence-electron chi connectivity index (χ0n) is 15.0. The lowest BCUT2D eigenvalue weighted by Crippen LogP contribution is -2.26. The summed E-state index contributed by atoms with van der Waals surface area (Å²) >= 11 is 0. The van der Waals surface area contributed by atoms with Gasteiger partial charge in [-0.2, -0.15) is 0 Å². The van der Waals surface area contributed by atoms with Crippen LogP contribution in [0.1, 0.15) is 10.4 Å². The highest BCUT2D eigenvalue weighted by atomic mass is 32.2. The molecule has 3 rings (SSSR count). The van der Waals surface area contributed by atoms with Crippen LogP contribution in [0.5, 0.6) is 0 Å². The molecule has 0 aliphatic heterocycles. The number of amides is 1. The van der Waals surface area contributed by atoms with Gasteiger partial charge in [0, 0.05) is 25.0 Å². The number of carbonyl (C=O) groups excluding carboxylic acids is 1. The molecular weight excluding hydrogens is 362 g/mol. The Balaban J connectivity index is 2.05. The molecule has 1 amide bonds. The molecule has 0 aliphatic rings. The molecule has 1 N–H and O–H groups in total. The maximum atomic E-state index is 12.6. The van der Waals surface area contributed by atoms with E-state index in [-0.39, 0.29) is 5.91 Å². The lowest BCUT2D eigenvalue weighted by molar-refractivity contribution is 0.102. The molecular formula is C20H19N3O3S. The van der Waals surface area contributed by atoms with Gasteiger partial charge in [-0.05, 0) is 47.5 Å². The summed E-state index contributed by atoms with van der Waals surface area (Å²) in [5, 5.41) is 2.83. The molecule has 3 aromatic rings. The molecule has 0 saturated heterocycles. The van der Waals surface area contributed by atoms with Gasteiger partial charge in [-0.25, -0.2) is 8.42 Å². The van der Waals surface area contributed by atoms with E-state index in [1.54, 1.807) is 48.8 Å². The van der Waals surface area contributed by atoms with Crippen LogP contribution in [0.4, 0.5) is 11.4 Å². The van der Waals surface area contributed by atoms with Crippen molar-refractivity contribution in [1.82, 2.24) is 4.98 Å². The van der Waals surface area contributed by atoms with E-state index >= 15 is 0 Å². The van der Waals surface area contributed by atoms with Crippen LogP contribution in [0.3, 0.4) is 0 Å². The third-order valence-electron chi connectivity index (χ3n) is 4.13. The van der Waals surface area contributed by atoms with E-state index in [2.05, 4.69) is 10.3 Å². The minimum absolute atomic E-state index is 0.314. The molecule has 0 aliphatic carbocycles. The van der Waals surface area contributed by atoms with E-state index in [1.807, 2.05) is 24.3 Å². The Morgan fingerprint density at radius 2 is 1.63 bits per heavy atom. The summed E-state index contributed by atoms with van der Waals surface area (Å²) in [7, 11) is -2.03.